The minimum Gasteiger partial charge on any atom is -0.353 e. The molecule has 0 amide bonds. The quantitative estimate of drug-likeness (QED) is 0.872. The van der Waals surface area contributed by atoms with Gasteiger partial charge in [-0.25, -0.2) is 4.98 Å². The molecule has 3 heteroatoms. The summed E-state index contributed by atoms with van der Waals surface area (Å²) in [5.74, 6) is 1.06. The molecule has 18 heavy (non-hydrogen) atoms. The van der Waals surface area contributed by atoms with Crippen molar-refractivity contribution in [2.75, 3.05) is 5.32 Å². The van der Waals surface area contributed by atoms with Crippen LogP contribution in [0.5, 0.6) is 0 Å². The van der Waals surface area contributed by atoms with Gasteiger partial charge in [-0.1, -0.05) is 33.6 Å². The van der Waals surface area contributed by atoms with Crippen molar-refractivity contribution in [2.24, 2.45) is 5.41 Å². The first-order valence-electron chi connectivity index (χ1n) is 7.20. The Balaban J connectivity index is 2.19. The summed E-state index contributed by atoms with van der Waals surface area (Å²) in [4.78, 5) is 4.66. The fourth-order valence-electron chi connectivity index (χ4n) is 2.59. The molecule has 1 heterocycles. The molecule has 1 aromatic heterocycles. The van der Waals surface area contributed by atoms with Crippen molar-refractivity contribution in [3.63, 3.8) is 0 Å². The summed E-state index contributed by atoms with van der Waals surface area (Å²) >= 11 is 0. The highest BCUT2D eigenvalue weighted by atomic mass is 15.2. The van der Waals surface area contributed by atoms with Crippen LogP contribution in [0.25, 0.3) is 0 Å². The average Bonchev–Trinajstić information content (AvgIpc) is 2.86. The van der Waals surface area contributed by atoms with Gasteiger partial charge in [0.25, 0.3) is 0 Å². The van der Waals surface area contributed by atoms with E-state index in [2.05, 4.69) is 55.7 Å². The average molecular weight is 249 g/mol. The van der Waals surface area contributed by atoms with E-state index in [-0.39, 0.29) is 5.41 Å². The van der Waals surface area contributed by atoms with E-state index >= 15 is 0 Å². The van der Waals surface area contributed by atoms with Crippen molar-refractivity contribution in [1.82, 2.24) is 9.55 Å². The van der Waals surface area contributed by atoms with E-state index in [0.717, 1.165) is 11.6 Å². The molecule has 1 aromatic rings. The highest BCUT2D eigenvalue weighted by molar-refractivity contribution is 5.31. The van der Waals surface area contributed by atoms with Crippen LogP contribution in [0.3, 0.4) is 0 Å². The maximum atomic E-state index is 4.66. The van der Waals surface area contributed by atoms with Gasteiger partial charge in [0.1, 0.15) is 0 Å². The third kappa shape index (κ3) is 2.88. The second-order valence-corrected chi connectivity index (χ2v) is 6.78. The largest absolute Gasteiger partial charge is 0.353 e. The SMILES string of the molecule is Cc1cn(C(C)C(C)(C)C)c(NC2CCCC2)n1. The van der Waals surface area contributed by atoms with Crippen LogP contribution in [0.4, 0.5) is 5.95 Å². The van der Waals surface area contributed by atoms with Gasteiger partial charge in [-0.05, 0) is 32.1 Å². The van der Waals surface area contributed by atoms with E-state index in [9.17, 15) is 0 Å². The first-order chi connectivity index (χ1) is 8.38. The maximum Gasteiger partial charge on any atom is 0.203 e. The van der Waals surface area contributed by atoms with Crippen molar-refractivity contribution >= 4 is 5.95 Å². The molecule has 0 radical (unpaired) electrons. The lowest BCUT2D eigenvalue weighted by Gasteiger charge is -2.30. The molecule has 3 nitrogen and oxygen atoms in total. The normalized spacial score (nSPS) is 19.2. The molecule has 1 aliphatic rings. The van der Waals surface area contributed by atoms with Gasteiger partial charge < -0.3 is 9.88 Å². The minimum absolute atomic E-state index is 0.249. The van der Waals surface area contributed by atoms with Crippen molar-refractivity contribution in [3.8, 4) is 0 Å². The number of anilines is 1. The monoisotopic (exact) mass is 249 g/mol. The van der Waals surface area contributed by atoms with Crippen LogP contribution in [0.1, 0.15) is 65.1 Å². The van der Waals surface area contributed by atoms with Gasteiger partial charge in [-0.3, -0.25) is 0 Å². The van der Waals surface area contributed by atoms with Gasteiger partial charge in [0.15, 0.2) is 0 Å². The van der Waals surface area contributed by atoms with Crippen molar-refractivity contribution in [2.45, 2.75) is 72.4 Å². The lowest BCUT2D eigenvalue weighted by atomic mass is 9.88. The van der Waals surface area contributed by atoms with Crippen LogP contribution in [-0.2, 0) is 0 Å². The summed E-state index contributed by atoms with van der Waals surface area (Å²) in [7, 11) is 0. The van der Waals surface area contributed by atoms with Crippen molar-refractivity contribution in [1.29, 1.82) is 0 Å². The number of hydrogen-bond donors (Lipinski definition) is 1. The summed E-state index contributed by atoms with van der Waals surface area (Å²) in [6, 6.07) is 1.07. The summed E-state index contributed by atoms with van der Waals surface area (Å²) in [6.07, 6.45) is 7.46. The zero-order valence-electron chi connectivity index (χ0n) is 12.5. The maximum absolute atomic E-state index is 4.66. The van der Waals surface area contributed by atoms with E-state index < -0.39 is 0 Å². The van der Waals surface area contributed by atoms with Crippen LogP contribution < -0.4 is 5.32 Å². The molecule has 0 aliphatic heterocycles. The molecular formula is C15H27N3. The van der Waals surface area contributed by atoms with E-state index in [1.165, 1.54) is 25.7 Å². The molecule has 1 saturated carbocycles. The number of aromatic nitrogens is 2. The first kappa shape index (κ1) is 13.4. The molecule has 0 spiro atoms. The van der Waals surface area contributed by atoms with Gasteiger partial charge in [0, 0.05) is 18.3 Å². The lowest BCUT2D eigenvalue weighted by Crippen LogP contribution is -2.25. The standard InChI is InChI=1S/C15H27N3/c1-11-10-18(12(2)15(3,4)5)14(16-11)17-13-8-6-7-9-13/h10,12-13H,6-9H2,1-5H3,(H,16,17). The van der Waals surface area contributed by atoms with Gasteiger partial charge >= 0.3 is 0 Å². The zero-order valence-corrected chi connectivity index (χ0v) is 12.5. The Hall–Kier alpha value is -0.990. The summed E-state index contributed by atoms with van der Waals surface area (Å²) in [5, 5.41) is 3.64. The second-order valence-electron chi connectivity index (χ2n) is 6.78. The number of imidazole rings is 1. The molecule has 1 unspecified atom stereocenters. The Morgan fingerprint density at radius 1 is 1.33 bits per heavy atom. The molecule has 0 bridgehead atoms. The second kappa shape index (κ2) is 4.94. The minimum atomic E-state index is 0.249. The highest BCUT2D eigenvalue weighted by Crippen LogP contribution is 2.33. The summed E-state index contributed by atoms with van der Waals surface area (Å²) in [5.41, 5.74) is 1.35. The molecule has 1 N–H and O–H groups in total. The molecule has 0 saturated heterocycles. The number of nitrogens with zero attached hydrogens (tertiary/aromatic N) is 2. The fourth-order valence-corrected chi connectivity index (χ4v) is 2.59. The van der Waals surface area contributed by atoms with E-state index in [4.69, 9.17) is 0 Å². The molecular weight excluding hydrogens is 222 g/mol. The molecule has 0 aromatic carbocycles. The van der Waals surface area contributed by atoms with Crippen LogP contribution in [0, 0.1) is 12.3 Å². The fraction of sp³-hybridized carbons (Fsp3) is 0.800. The number of nitrogens with one attached hydrogen (secondary N) is 1. The van der Waals surface area contributed by atoms with E-state index in [1.807, 2.05) is 0 Å². The molecule has 2 rings (SSSR count). The van der Waals surface area contributed by atoms with Crippen LogP contribution >= 0.6 is 0 Å². The van der Waals surface area contributed by atoms with Gasteiger partial charge in [-0.2, -0.15) is 0 Å². The Morgan fingerprint density at radius 3 is 2.50 bits per heavy atom. The molecule has 1 atom stereocenters. The highest BCUT2D eigenvalue weighted by Gasteiger charge is 2.25. The van der Waals surface area contributed by atoms with Gasteiger partial charge in [0.05, 0.1) is 5.69 Å². The lowest BCUT2D eigenvalue weighted by molar-refractivity contribution is 0.264. The number of hydrogen-bond acceptors (Lipinski definition) is 2. The Morgan fingerprint density at radius 2 is 1.94 bits per heavy atom. The van der Waals surface area contributed by atoms with Crippen LogP contribution in [-0.4, -0.2) is 15.6 Å². The number of rotatable bonds is 3. The molecule has 102 valence electrons. The third-order valence-corrected chi connectivity index (χ3v) is 4.21. The van der Waals surface area contributed by atoms with Gasteiger partial charge in [0.2, 0.25) is 5.95 Å². The van der Waals surface area contributed by atoms with E-state index in [0.29, 0.717) is 12.1 Å². The first-order valence-corrected chi connectivity index (χ1v) is 7.20. The smallest absolute Gasteiger partial charge is 0.203 e. The van der Waals surface area contributed by atoms with Crippen LogP contribution in [0.15, 0.2) is 6.20 Å². The molecule has 1 fully saturated rings. The topological polar surface area (TPSA) is 29.9 Å². The third-order valence-electron chi connectivity index (χ3n) is 4.21. The van der Waals surface area contributed by atoms with Gasteiger partial charge in [-0.15, -0.1) is 0 Å². The summed E-state index contributed by atoms with van der Waals surface area (Å²) < 4.78 is 2.31. The Kier molecular flexibility index (Phi) is 3.69. The summed E-state index contributed by atoms with van der Waals surface area (Å²) in [6.45, 7) is 11.2. The number of aryl methyl sites for hydroxylation is 1. The molecule has 1 aliphatic carbocycles. The Bertz CT molecular complexity index is 394. The van der Waals surface area contributed by atoms with E-state index in [1.54, 1.807) is 0 Å². The van der Waals surface area contributed by atoms with Crippen molar-refractivity contribution < 1.29 is 0 Å². The zero-order chi connectivity index (χ0) is 13.3. The van der Waals surface area contributed by atoms with Crippen LogP contribution in [0.2, 0.25) is 0 Å². The Labute approximate surface area is 111 Å². The van der Waals surface area contributed by atoms with Crippen molar-refractivity contribution in [3.05, 3.63) is 11.9 Å². The predicted octanol–water partition coefficient (Wildman–Crippen LogP) is 4.15. The predicted molar refractivity (Wildman–Crippen MR) is 77.0 cm³/mol.